The van der Waals surface area contributed by atoms with Gasteiger partial charge in [0, 0.05) is 16.3 Å². The van der Waals surface area contributed by atoms with Gasteiger partial charge in [-0.25, -0.2) is 4.98 Å². The first-order chi connectivity index (χ1) is 10.2. The molecule has 0 fully saturated rings. The third-order valence-corrected chi connectivity index (χ3v) is 3.28. The molecule has 0 atom stereocenters. The van der Waals surface area contributed by atoms with Crippen molar-refractivity contribution in [1.82, 2.24) is 15.2 Å². The van der Waals surface area contributed by atoms with Crippen LogP contribution in [0.5, 0.6) is 5.75 Å². The number of methoxy groups -OCH3 is 1. The lowest BCUT2D eigenvalue weighted by Gasteiger charge is -2.06. The zero-order chi connectivity index (χ0) is 14.8. The average molecular weight is 301 g/mol. The summed E-state index contributed by atoms with van der Waals surface area (Å²) in [6.07, 6.45) is 0. The molecular weight excluding hydrogens is 288 g/mol. The molecule has 0 aliphatic rings. The van der Waals surface area contributed by atoms with E-state index in [9.17, 15) is 0 Å². The van der Waals surface area contributed by atoms with E-state index in [0.29, 0.717) is 28.1 Å². The minimum absolute atomic E-state index is 0.567. The number of benzene rings is 2. The van der Waals surface area contributed by atoms with Gasteiger partial charge in [0.2, 0.25) is 0 Å². The molecule has 5 nitrogen and oxygen atoms in total. The van der Waals surface area contributed by atoms with Crippen molar-refractivity contribution < 1.29 is 4.74 Å². The molecule has 0 aliphatic carbocycles. The minimum atomic E-state index is 0.567. The summed E-state index contributed by atoms with van der Waals surface area (Å²) in [6.45, 7) is 0. The van der Waals surface area contributed by atoms with Crippen LogP contribution in [0.1, 0.15) is 0 Å². The molecule has 2 aromatic carbocycles. The molecule has 1 aromatic heterocycles. The number of H-pyrrole nitrogens is 1. The molecule has 0 radical (unpaired) electrons. The minimum Gasteiger partial charge on any atom is -0.496 e. The van der Waals surface area contributed by atoms with Gasteiger partial charge in [0.1, 0.15) is 5.75 Å². The summed E-state index contributed by atoms with van der Waals surface area (Å²) < 4.78 is 5.32. The molecule has 106 valence electrons. The van der Waals surface area contributed by atoms with E-state index in [2.05, 4.69) is 15.2 Å². The smallest absolute Gasteiger partial charge is 0.181 e. The van der Waals surface area contributed by atoms with Crippen molar-refractivity contribution in [1.29, 1.82) is 0 Å². The molecule has 3 N–H and O–H groups in total. The molecule has 0 saturated carbocycles. The van der Waals surface area contributed by atoms with E-state index in [1.54, 1.807) is 31.4 Å². The molecule has 0 amide bonds. The SMILES string of the molecule is COc1ccc(N)cc1-c1nc(-c2cccc(Cl)c2)n[nH]1. The second-order valence-electron chi connectivity index (χ2n) is 4.48. The Hall–Kier alpha value is -2.53. The summed E-state index contributed by atoms with van der Waals surface area (Å²) >= 11 is 5.98. The van der Waals surface area contributed by atoms with Crippen LogP contribution in [0.4, 0.5) is 5.69 Å². The standard InChI is InChI=1S/C15H13ClN4O/c1-21-13-6-5-11(17)8-12(13)15-18-14(19-20-15)9-3-2-4-10(16)7-9/h2-8H,17H2,1H3,(H,18,19,20). The summed E-state index contributed by atoms with van der Waals surface area (Å²) in [5.74, 6) is 1.84. The lowest BCUT2D eigenvalue weighted by Crippen LogP contribution is -1.92. The number of aromatic amines is 1. The number of aromatic nitrogens is 3. The number of nitrogens with zero attached hydrogens (tertiary/aromatic N) is 2. The van der Waals surface area contributed by atoms with Crippen molar-refractivity contribution in [2.24, 2.45) is 0 Å². The number of hydrogen-bond donors (Lipinski definition) is 2. The van der Waals surface area contributed by atoms with E-state index in [1.807, 2.05) is 18.2 Å². The highest BCUT2D eigenvalue weighted by Gasteiger charge is 2.12. The number of halogens is 1. The molecule has 3 aromatic rings. The number of nitrogens with two attached hydrogens (primary N) is 1. The normalized spacial score (nSPS) is 10.6. The van der Waals surface area contributed by atoms with E-state index in [-0.39, 0.29) is 0 Å². The highest BCUT2D eigenvalue weighted by molar-refractivity contribution is 6.30. The predicted molar refractivity (Wildman–Crippen MR) is 83.2 cm³/mol. The van der Waals surface area contributed by atoms with Crippen molar-refractivity contribution in [3.63, 3.8) is 0 Å². The highest BCUT2D eigenvalue weighted by Crippen LogP contribution is 2.30. The number of nitrogens with one attached hydrogen (secondary N) is 1. The Bertz CT molecular complexity index is 785. The zero-order valence-electron chi connectivity index (χ0n) is 11.3. The molecule has 0 unspecified atom stereocenters. The maximum atomic E-state index is 5.98. The summed E-state index contributed by atoms with van der Waals surface area (Å²) in [4.78, 5) is 4.48. The van der Waals surface area contributed by atoms with Gasteiger partial charge in [0.25, 0.3) is 0 Å². The summed E-state index contributed by atoms with van der Waals surface area (Å²) in [5, 5.41) is 7.76. The van der Waals surface area contributed by atoms with Gasteiger partial charge < -0.3 is 10.5 Å². The zero-order valence-corrected chi connectivity index (χ0v) is 12.1. The first-order valence-electron chi connectivity index (χ1n) is 6.29. The van der Waals surface area contributed by atoms with Crippen LogP contribution in [0.3, 0.4) is 0 Å². The van der Waals surface area contributed by atoms with Crippen LogP contribution in [-0.4, -0.2) is 22.3 Å². The Morgan fingerprint density at radius 3 is 2.81 bits per heavy atom. The Kier molecular flexibility index (Phi) is 3.50. The molecule has 0 saturated heterocycles. The first kappa shape index (κ1) is 13.5. The Morgan fingerprint density at radius 1 is 1.19 bits per heavy atom. The van der Waals surface area contributed by atoms with Gasteiger partial charge in [-0.1, -0.05) is 23.7 Å². The monoisotopic (exact) mass is 300 g/mol. The van der Waals surface area contributed by atoms with Crippen LogP contribution >= 0.6 is 11.6 Å². The molecule has 3 rings (SSSR count). The summed E-state index contributed by atoms with van der Waals surface area (Å²) in [5.41, 5.74) is 8.06. The van der Waals surface area contributed by atoms with Gasteiger partial charge in [-0.2, -0.15) is 5.10 Å². The number of anilines is 1. The third-order valence-electron chi connectivity index (χ3n) is 3.05. The van der Waals surface area contributed by atoms with E-state index in [0.717, 1.165) is 11.1 Å². The van der Waals surface area contributed by atoms with Gasteiger partial charge in [-0.05, 0) is 30.3 Å². The van der Waals surface area contributed by atoms with Gasteiger partial charge >= 0.3 is 0 Å². The maximum absolute atomic E-state index is 5.98. The van der Waals surface area contributed by atoms with Crippen LogP contribution in [0.15, 0.2) is 42.5 Å². The van der Waals surface area contributed by atoms with Crippen molar-refractivity contribution in [2.75, 3.05) is 12.8 Å². The Morgan fingerprint density at radius 2 is 2.05 bits per heavy atom. The number of nitrogen functional groups attached to an aromatic ring is 1. The number of hydrogen-bond acceptors (Lipinski definition) is 4. The molecular formula is C15H13ClN4O. The Labute approximate surface area is 126 Å². The lowest BCUT2D eigenvalue weighted by atomic mass is 10.1. The van der Waals surface area contributed by atoms with E-state index < -0.39 is 0 Å². The van der Waals surface area contributed by atoms with Crippen molar-refractivity contribution in [3.05, 3.63) is 47.5 Å². The van der Waals surface area contributed by atoms with Gasteiger partial charge in [0.05, 0.1) is 12.7 Å². The topological polar surface area (TPSA) is 76.8 Å². The summed E-state index contributed by atoms with van der Waals surface area (Å²) in [7, 11) is 1.60. The second kappa shape index (κ2) is 5.46. The second-order valence-corrected chi connectivity index (χ2v) is 4.91. The van der Waals surface area contributed by atoms with Crippen LogP contribution in [0.25, 0.3) is 22.8 Å². The van der Waals surface area contributed by atoms with E-state index in [4.69, 9.17) is 22.1 Å². The van der Waals surface area contributed by atoms with Crippen LogP contribution in [0, 0.1) is 0 Å². The number of ether oxygens (including phenoxy) is 1. The van der Waals surface area contributed by atoms with Crippen LogP contribution < -0.4 is 10.5 Å². The predicted octanol–water partition coefficient (Wildman–Crippen LogP) is 3.38. The molecule has 6 heteroatoms. The highest BCUT2D eigenvalue weighted by atomic mass is 35.5. The van der Waals surface area contributed by atoms with Crippen molar-refractivity contribution in [2.45, 2.75) is 0 Å². The quantitative estimate of drug-likeness (QED) is 0.727. The molecule has 0 aliphatic heterocycles. The summed E-state index contributed by atoms with van der Waals surface area (Å²) in [6, 6.07) is 12.7. The van der Waals surface area contributed by atoms with Gasteiger partial charge in [-0.15, -0.1) is 0 Å². The van der Waals surface area contributed by atoms with Gasteiger partial charge in [0.15, 0.2) is 11.6 Å². The molecule has 0 spiro atoms. The first-order valence-corrected chi connectivity index (χ1v) is 6.67. The fraction of sp³-hybridized carbons (Fsp3) is 0.0667. The maximum Gasteiger partial charge on any atom is 0.181 e. The fourth-order valence-corrected chi connectivity index (χ4v) is 2.24. The molecule has 1 heterocycles. The average Bonchev–Trinajstić information content (AvgIpc) is 2.97. The van der Waals surface area contributed by atoms with E-state index >= 15 is 0 Å². The Balaban J connectivity index is 2.04. The van der Waals surface area contributed by atoms with Crippen LogP contribution in [0.2, 0.25) is 5.02 Å². The van der Waals surface area contributed by atoms with Gasteiger partial charge in [-0.3, -0.25) is 5.10 Å². The largest absolute Gasteiger partial charge is 0.496 e. The lowest BCUT2D eigenvalue weighted by molar-refractivity contribution is 0.416. The number of rotatable bonds is 3. The fourth-order valence-electron chi connectivity index (χ4n) is 2.05. The van der Waals surface area contributed by atoms with E-state index in [1.165, 1.54) is 0 Å². The molecule has 0 bridgehead atoms. The third kappa shape index (κ3) is 2.68. The van der Waals surface area contributed by atoms with Crippen LogP contribution in [-0.2, 0) is 0 Å². The van der Waals surface area contributed by atoms with Crippen molar-refractivity contribution in [3.8, 4) is 28.5 Å². The molecule has 21 heavy (non-hydrogen) atoms. The van der Waals surface area contributed by atoms with Crippen molar-refractivity contribution >= 4 is 17.3 Å².